The minimum atomic E-state index is -1.42. The van der Waals surface area contributed by atoms with Crippen molar-refractivity contribution in [3.05, 3.63) is 12.3 Å². The molecule has 6 nitrogen and oxygen atoms in total. The lowest BCUT2D eigenvalue weighted by Crippen LogP contribution is -2.44. The van der Waals surface area contributed by atoms with Crippen LogP contribution in [0.3, 0.4) is 0 Å². The highest BCUT2D eigenvalue weighted by molar-refractivity contribution is 6.57. The highest BCUT2D eigenvalue weighted by Gasteiger charge is 2.31. The van der Waals surface area contributed by atoms with Crippen LogP contribution in [0.25, 0.3) is 0 Å². The Morgan fingerprint density at radius 1 is 1.12 bits per heavy atom. The molecular weight excluding hydrogens is 223 g/mol. The van der Waals surface area contributed by atoms with Gasteiger partial charge in [0.05, 0.1) is 16.8 Å². The number of aliphatic hydroxyl groups is 2. The molecule has 0 radical (unpaired) electrons. The third kappa shape index (κ3) is 5.32. The van der Waals surface area contributed by atoms with Crippen LogP contribution in [-0.4, -0.2) is 48.4 Å². The first-order valence-corrected chi connectivity index (χ1v) is 5.25. The van der Waals surface area contributed by atoms with Gasteiger partial charge in [0.2, 0.25) is 0 Å². The maximum absolute atomic E-state index is 9.10. The van der Waals surface area contributed by atoms with Crippen LogP contribution in [0, 0.1) is 0 Å². The van der Waals surface area contributed by atoms with Gasteiger partial charge in [0, 0.05) is 13.2 Å². The Bertz CT molecular complexity index is 327. The molecule has 17 heavy (non-hydrogen) atoms. The Morgan fingerprint density at radius 2 is 1.53 bits per heavy atom. The summed E-state index contributed by atoms with van der Waals surface area (Å²) < 4.78 is 1.41. The molecule has 0 aromatic carbocycles. The van der Waals surface area contributed by atoms with Crippen molar-refractivity contribution in [3.8, 4) is 0 Å². The lowest BCUT2D eigenvalue weighted by molar-refractivity contribution is -0.107. The summed E-state index contributed by atoms with van der Waals surface area (Å²) >= 11 is 0. The van der Waals surface area contributed by atoms with E-state index in [-0.39, 0.29) is 0 Å². The van der Waals surface area contributed by atoms with Crippen LogP contribution in [0.4, 0.5) is 0 Å². The maximum Gasteiger partial charge on any atom is 0.507 e. The SMILES string of the molecule is CC(C)(O)C(C)(C)O.Cn1nccc1B(O)O. The minimum Gasteiger partial charge on any atom is -0.422 e. The Balaban J connectivity index is 0.000000304. The number of rotatable bonds is 2. The molecule has 0 saturated heterocycles. The summed E-state index contributed by atoms with van der Waals surface area (Å²) in [7, 11) is 0.229. The van der Waals surface area contributed by atoms with E-state index in [9.17, 15) is 0 Å². The van der Waals surface area contributed by atoms with E-state index in [2.05, 4.69) is 5.10 Å². The highest BCUT2D eigenvalue weighted by Crippen LogP contribution is 2.19. The molecule has 0 aliphatic heterocycles. The van der Waals surface area contributed by atoms with E-state index >= 15 is 0 Å². The fourth-order valence-corrected chi connectivity index (χ4v) is 0.637. The smallest absolute Gasteiger partial charge is 0.422 e. The van der Waals surface area contributed by atoms with Gasteiger partial charge in [-0.15, -0.1) is 0 Å². The third-order valence-corrected chi connectivity index (χ3v) is 2.62. The summed E-state index contributed by atoms with van der Waals surface area (Å²) in [5.41, 5.74) is -1.62. The number of aryl methyl sites for hydroxylation is 1. The van der Waals surface area contributed by atoms with E-state index < -0.39 is 18.3 Å². The fourth-order valence-electron chi connectivity index (χ4n) is 0.637. The third-order valence-electron chi connectivity index (χ3n) is 2.62. The van der Waals surface area contributed by atoms with Gasteiger partial charge in [-0.2, -0.15) is 5.10 Å². The molecule has 7 heteroatoms. The first-order valence-electron chi connectivity index (χ1n) is 5.25. The molecule has 1 heterocycles. The van der Waals surface area contributed by atoms with Crippen LogP contribution in [0.5, 0.6) is 0 Å². The van der Waals surface area contributed by atoms with E-state index in [0.29, 0.717) is 5.59 Å². The summed E-state index contributed by atoms with van der Waals surface area (Å²) in [5, 5.41) is 39.1. The van der Waals surface area contributed by atoms with E-state index in [1.165, 1.54) is 10.9 Å². The van der Waals surface area contributed by atoms with Gasteiger partial charge in [0.15, 0.2) is 0 Å². The Labute approximate surface area is 102 Å². The molecule has 1 aromatic rings. The van der Waals surface area contributed by atoms with Crippen LogP contribution in [0.1, 0.15) is 27.7 Å². The van der Waals surface area contributed by atoms with Gasteiger partial charge in [-0.1, -0.05) is 0 Å². The summed E-state index contributed by atoms with van der Waals surface area (Å²) in [6.07, 6.45) is 1.51. The van der Waals surface area contributed by atoms with Gasteiger partial charge in [-0.3, -0.25) is 4.68 Å². The van der Waals surface area contributed by atoms with E-state index in [0.717, 1.165) is 0 Å². The second-order valence-corrected chi connectivity index (χ2v) is 4.87. The van der Waals surface area contributed by atoms with Crippen molar-refractivity contribution in [3.63, 3.8) is 0 Å². The molecular formula is C10H21BN2O4. The number of aromatic nitrogens is 2. The predicted octanol–water partition coefficient (Wildman–Crippen LogP) is -1.37. The summed E-state index contributed by atoms with van der Waals surface area (Å²) in [5.74, 6) is 0. The van der Waals surface area contributed by atoms with E-state index in [1.807, 2.05) is 0 Å². The van der Waals surface area contributed by atoms with Gasteiger partial charge in [0.25, 0.3) is 0 Å². The first kappa shape index (κ1) is 16.1. The molecule has 1 rings (SSSR count). The Morgan fingerprint density at radius 3 is 1.65 bits per heavy atom. The van der Waals surface area contributed by atoms with Crippen molar-refractivity contribution >= 4 is 12.7 Å². The van der Waals surface area contributed by atoms with Crippen molar-refractivity contribution in [2.75, 3.05) is 0 Å². The molecule has 0 bridgehead atoms. The van der Waals surface area contributed by atoms with E-state index in [1.54, 1.807) is 40.8 Å². The Kier molecular flexibility index (Phi) is 5.34. The Hall–Kier alpha value is -0.885. The monoisotopic (exact) mass is 244 g/mol. The molecule has 0 spiro atoms. The standard InChI is InChI=1S/C6H14O2.C4H7BN2O2/c1-5(2,7)6(3,4)8;1-7-4(5(8)9)2-3-6-7/h7-8H,1-4H3;2-3,8-9H,1H3. The minimum absolute atomic E-state index is 0.398. The molecule has 0 aliphatic rings. The van der Waals surface area contributed by atoms with Crippen molar-refractivity contribution in [2.45, 2.75) is 38.9 Å². The second-order valence-electron chi connectivity index (χ2n) is 4.87. The van der Waals surface area contributed by atoms with Crippen molar-refractivity contribution < 1.29 is 20.3 Å². The van der Waals surface area contributed by atoms with Crippen molar-refractivity contribution in [1.29, 1.82) is 0 Å². The lowest BCUT2D eigenvalue weighted by Gasteiger charge is -2.31. The van der Waals surface area contributed by atoms with Gasteiger partial charge in [-0.25, -0.2) is 0 Å². The first-order chi connectivity index (χ1) is 7.47. The summed E-state index contributed by atoms with van der Waals surface area (Å²) in [4.78, 5) is 0. The van der Waals surface area contributed by atoms with Crippen molar-refractivity contribution in [1.82, 2.24) is 9.78 Å². The highest BCUT2D eigenvalue weighted by atomic mass is 16.4. The topological polar surface area (TPSA) is 98.7 Å². The molecule has 0 amide bonds. The summed E-state index contributed by atoms with van der Waals surface area (Å²) in [6.45, 7) is 6.31. The molecule has 0 aliphatic carbocycles. The molecule has 0 atom stereocenters. The fraction of sp³-hybridized carbons (Fsp3) is 0.700. The molecule has 4 N–H and O–H groups in total. The zero-order valence-electron chi connectivity index (χ0n) is 10.9. The number of hydrogen-bond acceptors (Lipinski definition) is 5. The average Bonchev–Trinajstić information content (AvgIpc) is 2.48. The quantitative estimate of drug-likeness (QED) is 0.481. The molecule has 0 fully saturated rings. The lowest BCUT2D eigenvalue weighted by atomic mass is 9.86. The normalized spacial score (nSPS) is 11.8. The molecule has 1 aromatic heterocycles. The number of hydrogen-bond donors (Lipinski definition) is 4. The van der Waals surface area contributed by atoms with Gasteiger partial charge < -0.3 is 20.3 Å². The zero-order chi connectivity index (χ0) is 13.9. The van der Waals surface area contributed by atoms with Gasteiger partial charge in [-0.05, 0) is 33.8 Å². The van der Waals surface area contributed by atoms with Crippen LogP contribution < -0.4 is 5.59 Å². The summed E-state index contributed by atoms with van der Waals surface area (Å²) in [6, 6.07) is 1.55. The van der Waals surface area contributed by atoms with Gasteiger partial charge in [0.1, 0.15) is 0 Å². The average molecular weight is 244 g/mol. The largest absolute Gasteiger partial charge is 0.507 e. The molecule has 98 valence electrons. The van der Waals surface area contributed by atoms with Gasteiger partial charge >= 0.3 is 7.12 Å². The predicted molar refractivity (Wildman–Crippen MR) is 65.6 cm³/mol. The molecule has 0 saturated carbocycles. The van der Waals surface area contributed by atoms with Crippen molar-refractivity contribution in [2.24, 2.45) is 7.05 Å². The number of nitrogens with zero attached hydrogens (tertiary/aromatic N) is 2. The van der Waals surface area contributed by atoms with E-state index in [4.69, 9.17) is 20.3 Å². The van der Waals surface area contributed by atoms with Crippen LogP contribution in [-0.2, 0) is 7.05 Å². The van der Waals surface area contributed by atoms with Crippen LogP contribution >= 0.6 is 0 Å². The van der Waals surface area contributed by atoms with Crippen LogP contribution in [0.2, 0.25) is 0 Å². The van der Waals surface area contributed by atoms with Crippen LogP contribution in [0.15, 0.2) is 12.3 Å². The second kappa shape index (κ2) is 5.64. The zero-order valence-corrected chi connectivity index (χ0v) is 10.9. The maximum atomic E-state index is 9.10. The molecule has 0 unspecified atom stereocenters.